The number of aliphatic imine (C=N–C) groups is 1. The molecule has 1 aliphatic rings. The molecule has 1 atom stereocenters. The van der Waals surface area contributed by atoms with Gasteiger partial charge in [-0.05, 0) is 17.7 Å². The summed E-state index contributed by atoms with van der Waals surface area (Å²) in [7, 11) is 0. The number of halogens is 1. The zero-order valence-corrected chi connectivity index (χ0v) is 9.98. The van der Waals surface area contributed by atoms with Crippen LogP contribution in [-0.2, 0) is 9.53 Å². The van der Waals surface area contributed by atoms with Crippen molar-refractivity contribution in [2.45, 2.75) is 12.5 Å². The smallest absolute Gasteiger partial charge is 0.312 e. The van der Waals surface area contributed by atoms with Crippen molar-refractivity contribution in [2.24, 2.45) is 4.99 Å². The molecule has 16 heavy (non-hydrogen) atoms. The van der Waals surface area contributed by atoms with E-state index in [4.69, 9.17) is 9.84 Å². The molecule has 1 heterocycles. The molecule has 0 saturated heterocycles. The van der Waals surface area contributed by atoms with E-state index in [1.807, 2.05) is 24.3 Å². The number of carbonyl (C=O) groups is 1. The van der Waals surface area contributed by atoms with E-state index in [0.29, 0.717) is 12.4 Å². The number of ether oxygens (including phenoxy) is 1. The lowest BCUT2D eigenvalue weighted by molar-refractivity contribution is -0.135. The van der Waals surface area contributed by atoms with Crippen LogP contribution in [0.25, 0.3) is 0 Å². The van der Waals surface area contributed by atoms with Gasteiger partial charge in [-0.3, -0.25) is 9.79 Å². The highest BCUT2D eigenvalue weighted by Gasteiger charge is 2.22. The molecule has 84 valence electrons. The molecule has 0 aromatic heterocycles. The second kappa shape index (κ2) is 4.65. The lowest BCUT2D eigenvalue weighted by atomic mass is 10.1. The Morgan fingerprint density at radius 1 is 1.50 bits per heavy atom. The van der Waals surface area contributed by atoms with Crippen molar-refractivity contribution in [1.29, 1.82) is 0 Å². The molecular weight excluding hydrogens is 274 g/mol. The van der Waals surface area contributed by atoms with E-state index in [0.717, 1.165) is 10.0 Å². The molecule has 0 spiro atoms. The Hall–Kier alpha value is -1.36. The van der Waals surface area contributed by atoms with Gasteiger partial charge in [0.2, 0.25) is 0 Å². The molecule has 0 fully saturated rings. The van der Waals surface area contributed by atoms with E-state index in [2.05, 4.69) is 20.9 Å². The van der Waals surface area contributed by atoms with Crippen LogP contribution in [0, 0.1) is 0 Å². The third-order valence-electron chi connectivity index (χ3n) is 2.26. The summed E-state index contributed by atoms with van der Waals surface area (Å²) in [6, 6.07) is 7.73. The van der Waals surface area contributed by atoms with Crippen molar-refractivity contribution < 1.29 is 14.6 Å². The molecule has 0 radical (unpaired) electrons. The number of benzene rings is 1. The van der Waals surface area contributed by atoms with Crippen LogP contribution in [0.4, 0.5) is 0 Å². The van der Waals surface area contributed by atoms with Gasteiger partial charge in [0.05, 0.1) is 6.54 Å². The molecule has 1 aromatic rings. The van der Waals surface area contributed by atoms with Crippen LogP contribution in [0.2, 0.25) is 0 Å². The van der Waals surface area contributed by atoms with E-state index in [1.54, 1.807) is 0 Å². The van der Waals surface area contributed by atoms with E-state index in [9.17, 15) is 4.79 Å². The first-order valence-corrected chi connectivity index (χ1v) is 5.61. The zero-order chi connectivity index (χ0) is 11.5. The second-order valence-corrected chi connectivity index (χ2v) is 4.38. The minimum atomic E-state index is -0.921. The van der Waals surface area contributed by atoms with Crippen LogP contribution < -0.4 is 0 Å². The largest absolute Gasteiger partial charge is 0.481 e. The average Bonchev–Trinajstić information content (AvgIpc) is 2.66. The maximum absolute atomic E-state index is 10.5. The van der Waals surface area contributed by atoms with Crippen molar-refractivity contribution in [2.75, 3.05) is 6.54 Å². The number of hydrogen-bond acceptors (Lipinski definition) is 3. The Bertz CT molecular complexity index is 427. The predicted molar refractivity (Wildman–Crippen MR) is 62.5 cm³/mol. The van der Waals surface area contributed by atoms with Gasteiger partial charge in [-0.25, -0.2) is 0 Å². The number of hydrogen-bond donors (Lipinski definition) is 1. The molecule has 5 heteroatoms. The normalized spacial score (nSPS) is 19.1. The first kappa shape index (κ1) is 11.1. The monoisotopic (exact) mass is 283 g/mol. The van der Waals surface area contributed by atoms with Crippen LogP contribution in [0.3, 0.4) is 0 Å². The van der Waals surface area contributed by atoms with Gasteiger partial charge in [-0.15, -0.1) is 0 Å². The Labute approximate surface area is 101 Å². The predicted octanol–water partition coefficient (Wildman–Crippen LogP) is 2.39. The second-order valence-electron chi connectivity index (χ2n) is 3.46. The van der Waals surface area contributed by atoms with Crippen LogP contribution in [0.15, 0.2) is 33.7 Å². The molecule has 0 saturated carbocycles. The lowest BCUT2D eigenvalue weighted by Crippen LogP contribution is -2.09. The molecule has 1 aliphatic heterocycles. The summed E-state index contributed by atoms with van der Waals surface area (Å²) in [6.07, 6.45) is -0.296. The number of nitrogens with zero attached hydrogens (tertiary/aromatic N) is 1. The third-order valence-corrected chi connectivity index (χ3v) is 2.78. The average molecular weight is 284 g/mol. The van der Waals surface area contributed by atoms with E-state index in [-0.39, 0.29) is 12.5 Å². The quantitative estimate of drug-likeness (QED) is 0.927. The summed E-state index contributed by atoms with van der Waals surface area (Å²) in [4.78, 5) is 14.5. The van der Waals surface area contributed by atoms with Gasteiger partial charge >= 0.3 is 5.97 Å². The lowest BCUT2D eigenvalue weighted by Gasteiger charge is -2.10. The summed E-state index contributed by atoms with van der Waals surface area (Å²) in [6.45, 7) is 0.490. The molecule has 0 bridgehead atoms. The summed E-state index contributed by atoms with van der Waals surface area (Å²) in [5, 5.41) is 8.60. The van der Waals surface area contributed by atoms with Crippen molar-refractivity contribution in [3.05, 3.63) is 34.3 Å². The van der Waals surface area contributed by atoms with Gasteiger partial charge in [-0.2, -0.15) is 0 Å². The minimum absolute atomic E-state index is 0.146. The SMILES string of the molecule is O=C(O)CC1=NCC(c2ccc(Br)cc2)O1. The molecule has 0 amide bonds. The maximum atomic E-state index is 10.5. The number of aliphatic carboxylic acids is 1. The molecule has 1 N–H and O–H groups in total. The van der Waals surface area contributed by atoms with E-state index < -0.39 is 5.97 Å². The topological polar surface area (TPSA) is 58.9 Å². The Morgan fingerprint density at radius 2 is 2.19 bits per heavy atom. The Morgan fingerprint density at radius 3 is 2.81 bits per heavy atom. The number of rotatable bonds is 3. The fraction of sp³-hybridized carbons (Fsp3) is 0.273. The summed E-state index contributed by atoms with van der Waals surface area (Å²) < 4.78 is 6.45. The van der Waals surface area contributed by atoms with Crippen molar-refractivity contribution >= 4 is 27.8 Å². The molecule has 1 unspecified atom stereocenters. The van der Waals surface area contributed by atoms with Crippen molar-refractivity contribution in [3.63, 3.8) is 0 Å². The van der Waals surface area contributed by atoms with Gasteiger partial charge in [0.25, 0.3) is 0 Å². The highest BCUT2D eigenvalue weighted by atomic mass is 79.9. The van der Waals surface area contributed by atoms with Crippen LogP contribution >= 0.6 is 15.9 Å². The highest BCUT2D eigenvalue weighted by molar-refractivity contribution is 9.10. The maximum Gasteiger partial charge on any atom is 0.312 e. The summed E-state index contributed by atoms with van der Waals surface area (Å²) in [5.41, 5.74) is 1.01. The molecule has 1 aromatic carbocycles. The molecule has 2 rings (SSSR count). The first-order valence-electron chi connectivity index (χ1n) is 4.82. The molecule has 4 nitrogen and oxygen atoms in total. The summed E-state index contributed by atoms with van der Waals surface area (Å²) in [5.74, 6) is -0.615. The van der Waals surface area contributed by atoms with Gasteiger partial charge in [0, 0.05) is 4.47 Å². The van der Waals surface area contributed by atoms with Gasteiger partial charge in [0.1, 0.15) is 12.5 Å². The Balaban J connectivity index is 2.00. The first-order chi connectivity index (χ1) is 7.65. The van der Waals surface area contributed by atoms with Crippen molar-refractivity contribution in [1.82, 2.24) is 0 Å². The Kier molecular flexibility index (Phi) is 3.24. The van der Waals surface area contributed by atoms with Crippen LogP contribution in [0.1, 0.15) is 18.1 Å². The number of carboxylic acids is 1. The van der Waals surface area contributed by atoms with Crippen LogP contribution in [0.5, 0.6) is 0 Å². The minimum Gasteiger partial charge on any atom is -0.481 e. The zero-order valence-electron chi connectivity index (χ0n) is 8.39. The fourth-order valence-corrected chi connectivity index (χ4v) is 1.77. The van der Waals surface area contributed by atoms with Crippen molar-refractivity contribution in [3.8, 4) is 0 Å². The fourth-order valence-electron chi connectivity index (χ4n) is 1.50. The van der Waals surface area contributed by atoms with Gasteiger partial charge in [0.15, 0.2) is 5.90 Å². The standard InChI is InChI=1S/C11H10BrNO3/c12-8-3-1-7(2-4-8)9-6-13-10(16-9)5-11(14)15/h1-4,9H,5-6H2,(H,14,15). The van der Waals surface area contributed by atoms with Gasteiger partial charge in [-0.1, -0.05) is 28.1 Å². The van der Waals surface area contributed by atoms with E-state index in [1.165, 1.54) is 0 Å². The summed E-state index contributed by atoms with van der Waals surface area (Å²) >= 11 is 3.35. The molecule has 0 aliphatic carbocycles. The molecular formula is C11H10BrNO3. The van der Waals surface area contributed by atoms with Crippen LogP contribution in [-0.4, -0.2) is 23.5 Å². The third kappa shape index (κ3) is 2.61. The highest BCUT2D eigenvalue weighted by Crippen LogP contribution is 2.25. The van der Waals surface area contributed by atoms with Gasteiger partial charge < -0.3 is 9.84 Å². The number of carboxylic acid groups (broad SMARTS) is 1. The van der Waals surface area contributed by atoms with E-state index >= 15 is 0 Å².